The molecule has 0 aliphatic carbocycles. The number of carbonyl (C=O) groups excluding carboxylic acids is 1. The van der Waals surface area contributed by atoms with Gasteiger partial charge in [0.15, 0.2) is 5.96 Å². The van der Waals surface area contributed by atoms with Gasteiger partial charge in [0.25, 0.3) is 0 Å². The number of amides is 1. The summed E-state index contributed by atoms with van der Waals surface area (Å²) in [5.74, 6) is 1.59. The molecule has 1 aromatic rings. The van der Waals surface area contributed by atoms with E-state index < -0.39 is 5.41 Å². The van der Waals surface area contributed by atoms with Crippen molar-refractivity contribution < 1.29 is 9.53 Å². The topological polar surface area (TPSA) is 66.0 Å². The van der Waals surface area contributed by atoms with Crippen LogP contribution in [0.5, 0.6) is 5.75 Å². The van der Waals surface area contributed by atoms with Crippen molar-refractivity contribution in [3.63, 3.8) is 0 Å². The molecule has 2 N–H and O–H groups in total. The molecule has 24 heavy (non-hydrogen) atoms. The van der Waals surface area contributed by atoms with E-state index in [9.17, 15) is 4.79 Å². The van der Waals surface area contributed by atoms with Gasteiger partial charge in [0.1, 0.15) is 12.4 Å². The summed E-state index contributed by atoms with van der Waals surface area (Å²) in [7, 11) is 5.32. The van der Waals surface area contributed by atoms with Crippen LogP contribution in [-0.4, -0.2) is 57.6 Å². The van der Waals surface area contributed by atoms with Crippen LogP contribution in [0.1, 0.15) is 19.4 Å². The highest BCUT2D eigenvalue weighted by atomic mass is 16.5. The quantitative estimate of drug-likeness (QED) is 0.588. The van der Waals surface area contributed by atoms with E-state index in [-0.39, 0.29) is 5.91 Å². The Morgan fingerprint density at radius 3 is 2.46 bits per heavy atom. The summed E-state index contributed by atoms with van der Waals surface area (Å²) in [6.45, 7) is 7.59. The van der Waals surface area contributed by atoms with Gasteiger partial charge in [0, 0.05) is 27.7 Å². The molecule has 1 amide bonds. The van der Waals surface area contributed by atoms with Crippen molar-refractivity contribution in [2.75, 3.05) is 40.8 Å². The molecule has 0 unspecified atom stereocenters. The number of rotatable bonds is 7. The molecule has 0 spiro atoms. The highest BCUT2D eigenvalue weighted by Gasteiger charge is 2.27. The van der Waals surface area contributed by atoms with E-state index in [1.54, 1.807) is 14.1 Å². The Kier molecular flexibility index (Phi) is 7.55. The van der Waals surface area contributed by atoms with E-state index in [2.05, 4.69) is 15.6 Å². The predicted octanol–water partition coefficient (Wildman–Crippen LogP) is 1.65. The van der Waals surface area contributed by atoms with Crippen molar-refractivity contribution in [2.24, 2.45) is 10.4 Å². The molecular formula is C18H30N4O2. The Bertz CT molecular complexity index is 553. The average molecular weight is 334 g/mol. The smallest absolute Gasteiger partial charge is 0.227 e. The van der Waals surface area contributed by atoms with E-state index in [1.807, 2.05) is 57.0 Å². The third-order valence-electron chi connectivity index (χ3n) is 3.82. The number of carbonyl (C=O) groups is 1. The monoisotopic (exact) mass is 334 g/mol. The first-order valence-corrected chi connectivity index (χ1v) is 8.13. The van der Waals surface area contributed by atoms with Crippen molar-refractivity contribution in [3.8, 4) is 5.75 Å². The Morgan fingerprint density at radius 1 is 1.29 bits per heavy atom. The second-order valence-electron chi connectivity index (χ2n) is 6.45. The number of ether oxygens (including phenoxy) is 1. The molecule has 0 fully saturated rings. The molecule has 1 aromatic carbocycles. The van der Waals surface area contributed by atoms with Crippen LogP contribution in [0.2, 0.25) is 0 Å². The Labute approximate surface area is 145 Å². The normalized spacial score (nSPS) is 11.8. The number of benzene rings is 1. The molecule has 0 heterocycles. The summed E-state index contributed by atoms with van der Waals surface area (Å²) in [5, 5.41) is 5.92. The minimum atomic E-state index is -0.510. The summed E-state index contributed by atoms with van der Waals surface area (Å²) in [6, 6.07) is 7.99. The van der Waals surface area contributed by atoms with E-state index >= 15 is 0 Å². The number of aliphatic imine (C=N–C) groups is 1. The first kappa shape index (κ1) is 19.8. The van der Waals surface area contributed by atoms with Crippen LogP contribution in [0.4, 0.5) is 0 Å². The minimum absolute atomic E-state index is 0.00388. The fraction of sp³-hybridized carbons (Fsp3) is 0.556. The van der Waals surface area contributed by atoms with Gasteiger partial charge in [-0.2, -0.15) is 0 Å². The van der Waals surface area contributed by atoms with E-state index in [0.717, 1.165) is 11.7 Å². The number of likely N-dealkylation sites (N-methyl/N-ethyl adjacent to an activating group) is 1. The fourth-order valence-electron chi connectivity index (χ4n) is 2.14. The SMILES string of the molecule is CN=C(NCC(C)(C)C(=O)NC)N(C)CCOc1ccc(C)cc1. The lowest BCUT2D eigenvalue weighted by atomic mass is 9.92. The molecule has 0 aliphatic rings. The lowest BCUT2D eigenvalue weighted by Crippen LogP contribution is -2.48. The summed E-state index contributed by atoms with van der Waals surface area (Å²) in [6.07, 6.45) is 0. The average Bonchev–Trinajstić information content (AvgIpc) is 2.56. The molecule has 0 atom stereocenters. The number of hydrogen-bond acceptors (Lipinski definition) is 3. The van der Waals surface area contributed by atoms with Crippen LogP contribution in [0.25, 0.3) is 0 Å². The molecule has 0 saturated carbocycles. The van der Waals surface area contributed by atoms with Crippen molar-refractivity contribution in [2.45, 2.75) is 20.8 Å². The molecule has 0 bridgehead atoms. The maximum absolute atomic E-state index is 11.8. The van der Waals surface area contributed by atoms with Gasteiger partial charge >= 0.3 is 0 Å². The standard InChI is InChI=1S/C18H30N4O2/c1-14-7-9-15(10-8-14)24-12-11-22(6)17(20-5)21-13-18(2,3)16(23)19-4/h7-10H,11-13H2,1-6H3,(H,19,23)(H,20,21). The highest BCUT2D eigenvalue weighted by molar-refractivity contribution is 5.84. The highest BCUT2D eigenvalue weighted by Crippen LogP contribution is 2.13. The Morgan fingerprint density at radius 2 is 1.92 bits per heavy atom. The lowest BCUT2D eigenvalue weighted by Gasteiger charge is -2.27. The zero-order chi connectivity index (χ0) is 18.2. The number of guanidine groups is 1. The van der Waals surface area contributed by atoms with Crippen molar-refractivity contribution in [1.82, 2.24) is 15.5 Å². The maximum atomic E-state index is 11.8. The van der Waals surface area contributed by atoms with Crippen molar-refractivity contribution in [3.05, 3.63) is 29.8 Å². The molecule has 6 nitrogen and oxygen atoms in total. The van der Waals surface area contributed by atoms with Gasteiger partial charge in [-0.1, -0.05) is 17.7 Å². The van der Waals surface area contributed by atoms with Gasteiger partial charge < -0.3 is 20.3 Å². The van der Waals surface area contributed by atoms with Crippen LogP contribution in [0, 0.1) is 12.3 Å². The second-order valence-corrected chi connectivity index (χ2v) is 6.45. The molecule has 0 radical (unpaired) electrons. The number of hydrogen-bond donors (Lipinski definition) is 2. The van der Waals surface area contributed by atoms with E-state index in [4.69, 9.17) is 4.74 Å². The predicted molar refractivity (Wildman–Crippen MR) is 98.5 cm³/mol. The Hall–Kier alpha value is -2.24. The molecule has 0 aromatic heterocycles. The molecule has 1 rings (SSSR count). The van der Waals surface area contributed by atoms with Crippen molar-refractivity contribution in [1.29, 1.82) is 0 Å². The van der Waals surface area contributed by atoms with E-state index in [1.165, 1.54) is 5.56 Å². The van der Waals surface area contributed by atoms with Crippen LogP contribution in [-0.2, 0) is 4.79 Å². The maximum Gasteiger partial charge on any atom is 0.227 e. The first-order chi connectivity index (χ1) is 11.3. The van der Waals surface area contributed by atoms with Crippen LogP contribution in [0.3, 0.4) is 0 Å². The summed E-state index contributed by atoms with van der Waals surface area (Å²) in [5.41, 5.74) is 0.701. The lowest BCUT2D eigenvalue weighted by molar-refractivity contribution is -0.128. The largest absolute Gasteiger partial charge is 0.492 e. The van der Waals surface area contributed by atoms with Gasteiger partial charge in [-0.3, -0.25) is 9.79 Å². The van der Waals surface area contributed by atoms with Crippen LogP contribution >= 0.6 is 0 Å². The van der Waals surface area contributed by atoms with E-state index in [0.29, 0.717) is 19.7 Å². The minimum Gasteiger partial charge on any atom is -0.492 e. The zero-order valence-corrected chi connectivity index (χ0v) is 15.6. The second kappa shape index (κ2) is 9.15. The summed E-state index contributed by atoms with van der Waals surface area (Å²) < 4.78 is 5.74. The third-order valence-corrected chi connectivity index (χ3v) is 3.82. The fourth-order valence-corrected chi connectivity index (χ4v) is 2.14. The Balaban J connectivity index is 2.45. The first-order valence-electron chi connectivity index (χ1n) is 8.13. The molecule has 0 saturated heterocycles. The summed E-state index contributed by atoms with van der Waals surface area (Å²) >= 11 is 0. The van der Waals surface area contributed by atoms with Gasteiger partial charge in [-0.05, 0) is 32.9 Å². The number of aryl methyl sites for hydroxylation is 1. The molecule has 0 aliphatic heterocycles. The number of nitrogens with one attached hydrogen (secondary N) is 2. The van der Waals surface area contributed by atoms with Crippen LogP contribution in [0.15, 0.2) is 29.3 Å². The van der Waals surface area contributed by atoms with Crippen LogP contribution < -0.4 is 15.4 Å². The summed E-state index contributed by atoms with van der Waals surface area (Å²) in [4.78, 5) is 18.1. The van der Waals surface area contributed by atoms with Crippen molar-refractivity contribution >= 4 is 11.9 Å². The zero-order valence-electron chi connectivity index (χ0n) is 15.6. The van der Waals surface area contributed by atoms with Gasteiger partial charge in [-0.25, -0.2) is 0 Å². The number of nitrogens with zero attached hydrogens (tertiary/aromatic N) is 2. The molecule has 6 heteroatoms. The van der Waals surface area contributed by atoms with Gasteiger partial charge in [-0.15, -0.1) is 0 Å². The van der Waals surface area contributed by atoms with Gasteiger partial charge in [0.05, 0.1) is 12.0 Å². The molecular weight excluding hydrogens is 304 g/mol. The van der Waals surface area contributed by atoms with Gasteiger partial charge in [0.2, 0.25) is 5.91 Å². The molecule has 134 valence electrons. The third kappa shape index (κ3) is 6.10.